The Morgan fingerprint density at radius 1 is 1.18 bits per heavy atom. The number of benzene rings is 2. The van der Waals surface area contributed by atoms with Crippen LogP contribution in [0.3, 0.4) is 0 Å². The monoisotopic (exact) mass is 558 g/mol. The van der Waals surface area contributed by atoms with Gasteiger partial charge in [0.25, 0.3) is 0 Å². The van der Waals surface area contributed by atoms with E-state index in [1.807, 2.05) is 29.3 Å². The standard InChI is InChI=1S/C27H33ClFN6O2P/c1-17-9-11-27(12-10-17)16-35(34-27)22-14-23(37-2)21(13-19(22)29)32-26-30-15-18(28)25(33-26)31-20-7-5-6-8-24(20)38(3,4)36/h5-8,13-15,17,34H,9-12,16H2,1-4H3,(H2,30,31,32,33). The van der Waals surface area contributed by atoms with Crippen molar-refractivity contribution in [3.8, 4) is 5.75 Å². The second-order valence-electron chi connectivity index (χ2n) is 10.7. The molecule has 3 N–H and O–H groups in total. The molecule has 1 aromatic heterocycles. The van der Waals surface area contributed by atoms with Crippen LogP contribution in [0.2, 0.25) is 5.02 Å². The highest BCUT2D eigenvalue weighted by atomic mass is 35.5. The van der Waals surface area contributed by atoms with E-state index in [1.165, 1.54) is 32.2 Å². The Morgan fingerprint density at radius 2 is 1.89 bits per heavy atom. The van der Waals surface area contributed by atoms with Crippen molar-refractivity contribution < 1.29 is 13.7 Å². The van der Waals surface area contributed by atoms with Crippen LogP contribution in [0.4, 0.5) is 33.2 Å². The number of nitrogens with one attached hydrogen (secondary N) is 3. The summed E-state index contributed by atoms with van der Waals surface area (Å²) >= 11 is 6.37. The maximum Gasteiger partial charge on any atom is 0.229 e. The van der Waals surface area contributed by atoms with Crippen LogP contribution in [0.1, 0.15) is 32.6 Å². The maximum absolute atomic E-state index is 15.3. The van der Waals surface area contributed by atoms with Crippen molar-refractivity contribution in [2.45, 2.75) is 38.1 Å². The van der Waals surface area contributed by atoms with Crippen LogP contribution >= 0.6 is 18.7 Å². The first-order valence-corrected chi connectivity index (χ1v) is 15.7. The zero-order valence-electron chi connectivity index (χ0n) is 22.0. The predicted octanol–water partition coefficient (Wildman–Crippen LogP) is 6.29. The molecule has 202 valence electrons. The van der Waals surface area contributed by atoms with Crippen molar-refractivity contribution >= 4 is 52.9 Å². The van der Waals surface area contributed by atoms with Gasteiger partial charge in [-0.15, -0.1) is 0 Å². The minimum Gasteiger partial charge on any atom is -0.494 e. The third-order valence-corrected chi connectivity index (χ3v) is 9.18. The highest BCUT2D eigenvalue weighted by Gasteiger charge is 2.45. The van der Waals surface area contributed by atoms with Crippen molar-refractivity contribution in [1.82, 2.24) is 15.4 Å². The van der Waals surface area contributed by atoms with E-state index in [4.69, 9.17) is 16.3 Å². The summed E-state index contributed by atoms with van der Waals surface area (Å²) in [6, 6.07) is 10.4. The van der Waals surface area contributed by atoms with Gasteiger partial charge >= 0.3 is 0 Å². The third-order valence-electron chi connectivity index (χ3n) is 7.35. The first kappa shape index (κ1) is 26.7. The van der Waals surface area contributed by atoms with Gasteiger partial charge in [0.1, 0.15) is 23.7 Å². The quantitative estimate of drug-likeness (QED) is 0.292. The van der Waals surface area contributed by atoms with Crippen molar-refractivity contribution in [3.63, 3.8) is 0 Å². The fourth-order valence-corrected chi connectivity index (χ4v) is 6.42. The summed E-state index contributed by atoms with van der Waals surface area (Å²) in [4.78, 5) is 8.73. The van der Waals surface area contributed by atoms with E-state index in [-0.39, 0.29) is 22.3 Å². The van der Waals surface area contributed by atoms with Crippen molar-refractivity contribution in [2.75, 3.05) is 42.6 Å². The normalized spacial score (nSPS) is 21.2. The maximum atomic E-state index is 15.3. The SMILES string of the molecule is COc1cc(N2CC3(CCC(C)CC3)N2)c(F)cc1Nc1ncc(Cl)c(Nc2ccccc2P(C)(C)=O)n1. The molecule has 0 bridgehead atoms. The topological polar surface area (TPSA) is 91.4 Å². The number of hydrogen-bond donors (Lipinski definition) is 3. The molecule has 11 heteroatoms. The molecule has 2 fully saturated rings. The van der Waals surface area contributed by atoms with Crippen molar-refractivity contribution in [2.24, 2.45) is 5.92 Å². The molecule has 8 nitrogen and oxygen atoms in total. The molecular weight excluding hydrogens is 526 g/mol. The fourth-order valence-electron chi connectivity index (χ4n) is 5.13. The van der Waals surface area contributed by atoms with Crippen LogP contribution in [-0.2, 0) is 4.57 Å². The highest BCUT2D eigenvalue weighted by molar-refractivity contribution is 7.70. The lowest BCUT2D eigenvalue weighted by Gasteiger charge is -2.55. The summed E-state index contributed by atoms with van der Waals surface area (Å²) < 4.78 is 33.6. The van der Waals surface area contributed by atoms with E-state index in [1.54, 1.807) is 19.4 Å². The molecule has 1 aliphatic heterocycles. The minimum absolute atomic E-state index is 0.0750. The van der Waals surface area contributed by atoms with Gasteiger partial charge in [-0.1, -0.05) is 30.7 Å². The predicted molar refractivity (Wildman–Crippen MR) is 153 cm³/mol. The number of ether oxygens (including phenoxy) is 1. The Bertz CT molecular complexity index is 1380. The van der Waals surface area contributed by atoms with E-state index in [2.05, 4.69) is 33.0 Å². The molecule has 1 spiro atoms. The number of anilines is 5. The smallest absolute Gasteiger partial charge is 0.229 e. The van der Waals surface area contributed by atoms with Gasteiger partial charge in [-0.2, -0.15) is 4.98 Å². The van der Waals surface area contributed by atoms with E-state index >= 15 is 4.39 Å². The number of para-hydroxylation sites is 1. The summed E-state index contributed by atoms with van der Waals surface area (Å²) in [5, 5.41) is 9.05. The summed E-state index contributed by atoms with van der Waals surface area (Å²) in [6.07, 6.45) is 6.03. The van der Waals surface area contributed by atoms with Gasteiger partial charge in [0.2, 0.25) is 5.95 Å². The molecule has 2 heterocycles. The zero-order valence-corrected chi connectivity index (χ0v) is 23.7. The van der Waals surface area contributed by atoms with E-state index in [0.717, 1.165) is 25.3 Å². The summed E-state index contributed by atoms with van der Waals surface area (Å²) in [5.74, 6) is 1.35. The number of hydrogen-bond acceptors (Lipinski definition) is 8. The molecule has 1 saturated heterocycles. The molecule has 38 heavy (non-hydrogen) atoms. The van der Waals surface area contributed by atoms with Crippen LogP contribution in [-0.4, -0.2) is 42.5 Å². The first-order valence-electron chi connectivity index (χ1n) is 12.7. The van der Waals surface area contributed by atoms with E-state index in [9.17, 15) is 4.57 Å². The molecule has 5 rings (SSSR count). The molecule has 0 radical (unpaired) electrons. The van der Waals surface area contributed by atoms with Crippen molar-refractivity contribution in [1.29, 1.82) is 0 Å². The van der Waals surface area contributed by atoms with Gasteiger partial charge in [0, 0.05) is 17.4 Å². The second kappa shape index (κ2) is 10.4. The highest BCUT2D eigenvalue weighted by Crippen LogP contribution is 2.42. The Balaban J connectivity index is 1.35. The van der Waals surface area contributed by atoms with Crippen LogP contribution in [0.15, 0.2) is 42.6 Å². The summed E-state index contributed by atoms with van der Waals surface area (Å²) in [7, 11) is -1.01. The molecule has 0 atom stereocenters. The van der Waals surface area contributed by atoms with Gasteiger partial charge in [-0.25, -0.2) is 14.8 Å². The third kappa shape index (κ3) is 5.46. The van der Waals surface area contributed by atoms with Crippen LogP contribution in [0, 0.1) is 11.7 Å². The number of halogens is 2. The van der Waals surface area contributed by atoms with Gasteiger partial charge < -0.3 is 24.9 Å². The second-order valence-corrected chi connectivity index (χ2v) is 14.3. The molecule has 1 saturated carbocycles. The lowest BCUT2D eigenvalue weighted by atomic mass is 9.75. The average molecular weight is 559 g/mol. The molecule has 2 aliphatic rings. The molecule has 2 aromatic carbocycles. The van der Waals surface area contributed by atoms with Gasteiger partial charge in [0.15, 0.2) is 5.82 Å². The van der Waals surface area contributed by atoms with Gasteiger partial charge in [-0.3, -0.25) is 0 Å². The number of nitrogens with zero attached hydrogens (tertiary/aromatic N) is 3. The summed E-state index contributed by atoms with van der Waals surface area (Å²) in [6.45, 7) is 6.47. The van der Waals surface area contributed by atoms with Crippen LogP contribution in [0.5, 0.6) is 5.75 Å². The van der Waals surface area contributed by atoms with E-state index in [0.29, 0.717) is 33.9 Å². The number of methoxy groups -OCH3 is 1. The van der Waals surface area contributed by atoms with Gasteiger partial charge in [0.05, 0.1) is 42.5 Å². The summed E-state index contributed by atoms with van der Waals surface area (Å²) in [5.41, 5.74) is 5.04. The largest absolute Gasteiger partial charge is 0.494 e. The van der Waals surface area contributed by atoms with Crippen LogP contribution < -0.4 is 31.1 Å². The Hall–Kier alpha value is -2.87. The molecule has 1 aliphatic carbocycles. The van der Waals surface area contributed by atoms with Crippen LogP contribution in [0.25, 0.3) is 0 Å². The number of rotatable bonds is 7. The molecule has 0 unspecified atom stereocenters. The molecule has 0 amide bonds. The molecular formula is C27H33ClFN6O2P. The minimum atomic E-state index is -2.55. The molecule has 3 aromatic rings. The number of aromatic nitrogens is 2. The average Bonchev–Trinajstić information content (AvgIpc) is 2.85. The Morgan fingerprint density at radius 3 is 2.58 bits per heavy atom. The Labute approximate surface area is 227 Å². The van der Waals surface area contributed by atoms with Gasteiger partial charge in [-0.05, 0) is 57.1 Å². The van der Waals surface area contributed by atoms with Crippen molar-refractivity contribution in [3.05, 3.63) is 53.4 Å². The van der Waals surface area contributed by atoms with E-state index < -0.39 is 7.14 Å². The fraction of sp³-hybridized carbons (Fsp3) is 0.407. The lowest BCUT2D eigenvalue weighted by Crippen LogP contribution is -2.73. The lowest BCUT2D eigenvalue weighted by molar-refractivity contribution is 0.129. The Kier molecular flexibility index (Phi) is 7.29. The zero-order chi connectivity index (χ0) is 27.1. The number of hydrazine groups is 1. The first-order chi connectivity index (χ1) is 18.1.